The molecule has 0 amide bonds. The van der Waals surface area contributed by atoms with Gasteiger partial charge in [0.2, 0.25) is 19.9 Å². The topological polar surface area (TPSA) is 71.5 Å². The fourth-order valence-corrected chi connectivity index (χ4v) is 6.32. The minimum Gasteiger partial charge on any atom is -0.219 e. The van der Waals surface area contributed by atoms with Gasteiger partial charge in [-0.25, -0.2) is 21.2 Å². The molecule has 0 heterocycles. The Labute approximate surface area is 194 Å². The Hall–Kier alpha value is -2.99. The summed E-state index contributed by atoms with van der Waals surface area (Å²) in [5.41, 5.74) is 1.65. The summed E-state index contributed by atoms with van der Waals surface area (Å²) in [5, 5.41) is 0. The van der Waals surface area contributed by atoms with E-state index in [1.165, 1.54) is 30.3 Å². The maximum Gasteiger partial charge on any atom is 0.244 e. The van der Waals surface area contributed by atoms with E-state index in [2.05, 4.69) is 5.92 Å². The summed E-state index contributed by atoms with van der Waals surface area (Å²) in [4.78, 5) is -0.218. The summed E-state index contributed by atoms with van der Waals surface area (Å²) in [6.45, 7) is 3.14. The van der Waals surface area contributed by atoms with Gasteiger partial charge in [0.1, 0.15) is 5.82 Å². The van der Waals surface area contributed by atoms with E-state index in [1.807, 2.05) is 6.92 Å². The number of benzene rings is 3. The van der Waals surface area contributed by atoms with Gasteiger partial charge in [-0.15, -0.1) is 6.42 Å². The van der Waals surface area contributed by atoms with Crippen LogP contribution in [0.5, 0.6) is 0 Å². The second kappa shape index (κ2) is 9.87. The molecule has 0 bridgehead atoms. The molecule has 0 saturated carbocycles. The number of hydrogen-bond acceptors (Lipinski definition) is 4. The largest absolute Gasteiger partial charge is 0.244 e. The Morgan fingerprint density at radius 2 is 1.55 bits per heavy atom. The Morgan fingerprint density at radius 3 is 2.18 bits per heavy atom. The monoisotopic (exact) mass is 485 g/mol. The maximum atomic E-state index is 14.0. The van der Waals surface area contributed by atoms with E-state index in [0.717, 1.165) is 15.9 Å². The Kier molecular flexibility index (Phi) is 7.38. The lowest BCUT2D eigenvalue weighted by Crippen LogP contribution is -2.34. The summed E-state index contributed by atoms with van der Waals surface area (Å²) in [5.74, 6) is 1.89. The average Bonchev–Trinajstić information content (AvgIpc) is 2.78. The van der Waals surface area contributed by atoms with Gasteiger partial charge in [0.05, 0.1) is 21.2 Å². The van der Waals surface area contributed by atoms with Crippen LogP contribution >= 0.6 is 0 Å². The smallest absolute Gasteiger partial charge is 0.219 e. The second-order valence-corrected chi connectivity index (χ2v) is 11.5. The van der Waals surface area contributed by atoms with Gasteiger partial charge in [0.15, 0.2) is 0 Å². The zero-order chi connectivity index (χ0) is 24.2. The number of sulfonamides is 1. The number of sulfone groups is 1. The van der Waals surface area contributed by atoms with Crippen molar-refractivity contribution in [1.82, 2.24) is 4.31 Å². The van der Waals surface area contributed by atoms with Crippen LogP contribution in [0.1, 0.15) is 16.7 Å². The molecular weight excluding hydrogens is 461 g/mol. The van der Waals surface area contributed by atoms with Crippen molar-refractivity contribution in [1.29, 1.82) is 0 Å². The molecule has 0 N–H and O–H groups in total. The van der Waals surface area contributed by atoms with Gasteiger partial charge in [0, 0.05) is 6.54 Å². The fraction of sp³-hybridized carbons (Fsp3) is 0.200. The Morgan fingerprint density at radius 1 is 0.909 bits per heavy atom. The van der Waals surface area contributed by atoms with Crippen LogP contribution in [0.2, 0.25) is 0 Å². The standard InChI is InChI=1S/C25H24FNO4S2/c1-4-16-27(17-15-21-7-5-6-8-24(21)26)33(30,31)25-18-23(14-11-20(25)3)32(28,29)22-12-9-19(2)10-13-22/h1,5-14,18H,15-17H2,2-3H3. The third-order valence-electron chi connectivity index (χ3n) is 5.28. The van der Waals surface area contributed by atoms with E-state index in [9.17, 15) is 21.2 Å². The van der Waals surface area contributed by atoms with Crippen LogP contribution in [0.25, 0.3) is 0 Å². The van der Waals surface area contributed by atoms with Gasteiger partial charge >= 0.3 is 0 Å². The van der Waals surface area contributed by atoms with Crippen molar-refractivity contribution in [2.45, 2.75) is 35.0 Å². The minimum atomic E-state index is -4.14. The summed E-state index contributed by atoms with van der Waals surface area (Å²) < 4.78 is 68.2. The predicted octanol–water partition coefficient (Wildman–Crippen LogP) is 4.14. The maximum absolute atomic E-state index is 14.0. The highest BCUT2D eigenvalue weighted by atomic mass is 32.2. The first-order chi connectivity index (χ1) is 15.6. The molecule has 0 radical (unpaired) electrons. The van der Waals surface area contributed by atoms with Gasteiger partial charge in [-0.05, 0) is 61.7 Å². The minimum absolute atomic E-state index is 0.0537. The van der Waals surface area contributed by atoms with Crippen molar-refractivity contribution < 1.29 is 21.2 Å². The molecule has 0 unspecified atom stereocenters. The highest BCUT2D eigenvalue weighted by molar-refractivity contribution is 7.91. The predicted molar refractivity (Wildman–Crippen MR) is 126 cm³/mol. The van der Waals surface area contributed by atoms with E-state index in [4.69, 9.17) is 6.42 Å². The zero-order valence-corrected chi connectivity index (χ0v) is 20.0. The van der Waals surface area contributed by atoms with Gasteiger partial charge in [-0.3, -0.25) is 0 Å². The lowest BCUT2D eigenvalue weighted by atomic mass is 10.1. The molecule has 8 heteroatoms. The first-order valence-corrected chi connectivity index (χ1v) is 13.1. The summed E-state index contributed by atoms with van der Waals surface area (Å²) in [6, 6.07) is 16.4. The summed E-state index contributed by atoms with van der Waals surface area (Å²) in [7, 11) is -8.07. The van der Waals surface area contributed by atoms with Crippen LogP contribution in [0, 0.1) is 32.0 Å². The molecule has 3 aromatic rings. The third kappa shape index (κ3) is 5.33. The van der Waals surface area contributed by atoms with E-state index >= 15 is 0 Å². The molecule has 3 rings (SSSR count). The number of nitrogens with zero attached hydrogens (tertiary/aromatic N) is 1. The molecule has 0 aliphatic heterocycles. The number of terminal acetylenes is 1. The van der Waals surface area contributed by atoms with Gasteiger partial charge < -0.3 is 0 Å². The number of hydrogen-bond donors (Lipinski definition) is 0. The molecule has 0 aromatic heterocycles. The highest BCUT2D eigenvalue weighted by Crippen LogP contribution is 2.27. The molecule has 0 spiro atoms. The number of aryl methyl sites for hydroxylation is 2. The lowest BCUT2D eigenvalue weighted by molar-refractivity contribution is 0.445. The molecule has 5 nitrogen and oxygen atoms in total. The van der Waals surface area contributed by atoms with Crippen LogP contribution in [-0.4, -0.2) is 34.2 Å². The van der Waals surface area contributed by atoms with Gasteiger partial charge in [-0.2, -0.15) is 4.31 Å². The van der Waals surface area contributed by atoms with Crippen molar-refractivity contribution >= 4 is 19.9 Å². The van der Waals surface area contributed by atoms with E-state index < -0.39 is 25.7 Å². The quantitative estimate of drug-likeness (QED) is 0.450. The highest BCUT2D eigenvalue weighted by Gasteiger charge is 2.28. The first kappa shape index (κ1) is 24.6. The van der Waals surface area contributed by atoms with Crippen molar-refractivity contribution in [3.63, 3.8) is 0 Å². The van der Waals surface area contributed by atoms with Crippen LogP contribution in [0.15, 0.2) is 81.4 Å². The van der Waals surface area contributed by atoms with E-state index in [1.54, 1.807) is 37.3 Å². The SMILES string of the molecule is C#CCN(CCc1ccccc1F)S(=O)(=O)c1cc(S(=O)(=O)c2ccc(C)cc2)ccc1C. The van der Waals surface area contributed by atoms with Crippen LogP contribution in [0.3, 0.4) is 0 Å². The van der Waals surface area contributed by atoms with Gasteiger partial charge in [-0.1, -0.05) is 47.9 Å². The number of halogens is 1. The van der Waals surface area contributed by atoms with E-state index in [-0.39, 0.29) is 34.2 Å². The molecule has 33 heavy (non-hydrogen) atoms. The molecule has 3 aromatic carbocycles. The van der Waals surface area contributed by atoms with E-state index in [0.29, 0.717) is 11.1 Å². The van der Waals surface area contributed by atoms with Crippen molar-refractivity contribution in [2.24, 2.45) is 0 Å². The van der Waals surface area contributed by atoms with Crippen LogP contribution in [0.4, 0.5) is 4.39 Å². The Bertz CT molecular complexity index is 1410. The number of rotatable bonds is 8. The molecule has 0 atom stereocenters. The molecule has 0 aliphatic rings. The zero-order valence-electron chi connectivity index (χ0n) is 18.3. The molecule has 0 aliphatic carbocycles. The summed E-state index contributed by atoms with van der Waals surface area (Å²) in [6.07, 6.45) is 5.52. The third-order valence-corrected chi connectivity index (χ3v) is 9.03. The van der Waals surface area contributed by atoms with Crippen molar-refractivity contribution in [2.75, 3.05) is 13.1 Å². The average molecular weight is 486 g/mol. The lowest BCUT2D eigenvalue weighted by Gasteiger charge is -2.21. The molecule has 0 saturated heterocycles. The fourth-order valence-electron chi connectivity index (χ4n) is 3.35. The molecule has 172 valence electrons. The second-order valence-electron chi connectivity index (χ2n) is 7.63. The van der Waals surface area contributed by atoms with Crippen molar-refractivity contribution in [3.8, 4) is 12.3 Å². The van der Waals surface area contributed by atoms with Crippen LogP contribution < -0.4 is 0 Å². The van der Waals surface area contributed by atoms with Crippen LogP contribution in [-0.2, 0) is 26.3 Å². The summed E-state index contributed by atoms with van der Waals surface area (Å²) >= 11 is 0. The molecule has 0 fully saturated rings. The molecular formula is C25H24FNO4S2. The first-order valence-electron chi connectivity index (χ1n) is 10.2. The van der Waals surface area contributed by atoms with Gasteiger partial charge in [0.25, 0.3) is 0 Å². The van der Waals surface area contributed by atoms with Crippen molar-refractivity contribution in [3.05, 3.63) is 89.2 Å². The Balaban J connectivity index is 1.99. The normalized spacial score (nSPS) is 12.0.